The number of nitrogens with one attached hydrogen (secondary N) is 1. The van der Waals surface area contributed by atoms with Gasteiger partial charge in [0.2, 0.25) is 0 Å². The predicted octanol–water partition coefficient (Wildman–Crippen LogP) is 3.21. The first kappa shape index (κ1) is 16.7. The van der Waals surface area contributed by atoms with Crippen LogP contribution in [0, 0.1) is 11.3 Å². The summed E-state index contributed by atoms with van der Waals surface area (Å²) in [4.78, 5) is 16.4. The summed E-state index contributed by atoms with van der Waals surface area (Å²) in [6, 6.07) is 14.2. The first-order chi connectivity index (χ1) is 11.0. The molecule has 0 spiro atoms. The number of halogens is 1. The fourth-order valence-electron chi connectivity index (χ4n) is 1.94. The van der Waals surface area contributed by atoms with Gasteiger partial charge in [-0.3, -0.25) is 4.79 Å². The number of nitrogen functional groups attached to an aromatic ring is 1. The molecule has 0 fully saturated rings. The van der Waals surface area contributed by atoms with Gasteiger partial charge in [0.1, 0.15) is 16.2 Å². The third kappa shape index (κ3) is 4.66. The highest BCUT2D eigenvalue weighted by atomic mass is 79.9. The summed E-state index contributed by atoms with van der Waals surface area (Å²) in [7, 11) is 0. The number of hydrogen-bond acceptors (Lipinski definition) is 4. The van der Waals surface area contributed by atoms with Gasteiger partial charge in [-0.05, 0) is 58.8 Å². The van der Waals surface area contributed by atoms with Gasteiger partial charge < -0.3 is 11.1 Å². The summed E-state index contributed by atoms with van der Waals surface area (Å²) in [6.45, 7) is 1.84. The minimum atomic E-state index is -0.446. The van der Waals surface area contributed by atoms with Crippen molar-refractivity contribution in [2.45, 2.75) is 13.0 Å². The Bertz CT molecular complexity index is 778. The summed E-state index contributed by atoms with van der Waals surface area (Å²) < 4.78 is 0.638. The minimum absolute atomic E-state index is 0.00195. The fraction of sp³-hybridized carbons (Fsp3) is 0.118. The molecule has 0 saturated heterocycles. The van der Waals surface area contributed by atoms with Crippen LogP contribution < -0.4 is 11.1 Å². The molecule has 0 radical (unpaired) electrons. The molecule has 0 unspecified atom stereocenters. The van der Waals surface area contributed by atoms with Crippen LogP contribution in [0.15, 0.2) is 52.6 Å². The van der Waals surface area contributed by atoms with Crippen LogP contribution in [0.1, 0.15) is 24.2 Å². The maximum atomic E-state index is 12.2. The summed E-state index contributed by atoms with van der Waals surface area (Å²) in [5.41, 5.74) is 7.74. The lowest BCUT2D eigenvalue weighted by molar-refractivity contribution is -0.117. The van der Waals surface area contributed by atoms with Crippen LogP contribution in [0.4, 0.5) is 5.69 Å². The smallest absolute Gasteiger partial charge is 0.262 e. The monoisotopic (exact) mass is 370 g/mol. The lowest BCUT2D eigenvalue weighted by Gasteiger charge is -2.14. The standard InChI is InChI=1S/C17H15BrN4O/c1-11(12-5-7-14(20)8-6-12)21-17(23)13(10-19)9-15-3-2-4-16(18)22-15/h2-9,11H,20H2,1H3,(H,21,23)/t11-/m0/s1. The molecular formula is C17H15BrN4O. The Labute approximate surface area is 143 Å². The Hall–Kier alpha value is -2.65. The molecule has 0 bridgehead atoms. The second-order valence-electron chi connectivity index (χ2n) is 4.92. The molecule has 116 valence electrons. The molecule has 1 amide bonds. The van der Waals surface area contributed by atoms with E-state index in [1.807, 2.05) is 25.1 Å². The van der Waals surface area contributed by atoms with E-state index in [1.165, 1.54) is 6.08 Å². The van der Waals surface area contributed by atoms with E-state index in [-0.39, 0.29) is 11.6 Å². The number of nitrogens with two attached hydrogens (primary N) is 1. The summed E-state index contributed by atoms with van der Waals surface area (Å²) in [5, 5.41) is 12.0. The van der Waals surface area contributed by atoms with Crippen LogP contribution in [0.25, 0.3) is 6.08 Å². The zero-order chi connectivity index (χ0) is 16.8. The van der Waals surface area contributed by atoms with Crippen molar-refractivity contribution in [2.75, 3.05) is 5.73 Å². The molecular weight excluding hydrogens is 356 g/mol. The van der Waals surface area contributed by atoms with Crippen molar-refractivity contribution in [1.82, 2.24) is 10.3 Å². The van der Waals surface area contributed by atoms with Gasteiger partial charge in [0, 0.05) is 5.69 Å². The normalized spacial score (nSPS) is 12.3. The van der Waals surface area contributed by atoms with Gasteiger partial charge in [-0.15, -0.1) is 0 Å². The highest BCUT2D eigenvalue weighted by molar-refractivity contribution is 9.10. The van der Waals surface area contributed by atoms with E-state index in [2.05, 4.69) is 26.2 Å². The summed E-state index contributed by atoms with van der Waals surface area (Å²) in [5.74, 6) is -0.446. The van der Waals surface area contributed by atoms with Crippen molar-refractivity contribution in [1.29, 1.82) is 5.26 Å². The molecule has 2 aromatic rings. The van der Waals surface area contributed by atoms with Crippen molar-refractivity contribution in [3.8, 4) is 6.07 Å². The van der Waals surface area contributed by atoms with E-state index in [0.717, 1.165) is 5.56 Å². The number of pyridine rings is 1. The van der Waals surface area contributed by atoms with Gasteiger partial charge in [-0.2, -0.15) is 5.26 Å². The second-order valence-corrected chi connectivity index (χ2v) is 5.73. The lowest BCUT2D eigenvalue weighted by atomic mass is 10.1. The van der Waals surface area contributed by atoms with Gasteiger partial charge >= 0.3 is 0 Å². The SMILES string of the molecule is C[C@H](NC(=O)C(C#N)=Cc1cccc(Br)n1)c1ccc(N)cc1. The first-order valence-electron chi connectivity index (χ1n) is 6.90. The Morgan fingerprint density at radius 3 is 2.65 bits per heavy atom. The molecule has 0 aliphatic heterocycles. The molecule has 1 aromatic heterocycles. The van der Waals surface area contributed by atoms with Gasteiger partial charge in [0.05, 0.1) is 11.7 Å². The van der Waals surface area contributed by atoms with Crippen LogP contribution >= 0.6 is 15.9 Å². The lowest BCUT2D eigenvalue weighted by Crippen LogP contribution is -2.27. The molecule has 1 atom stereocenters. The number of anilines is 1. The van der Waals surface area contributed by atoms with Gasteiger partial charge in [-0.1, -0.05) is 18.2 Å². The Morgan fingerprint density at radius 1 is 1.35 bits per heavy atom. The molecule has 3 N–H and O–H groups in total. The van der Waals surface area contributed by atoms with E-state index in [1.54, 1.807) is 30.3 Å². The number of rotatable bonds is 4. The Kier molecular flexibility index (Phi) is 5.50. The number of aromatic nitrogens is 1. The molecule has 1 heterocycles. The van der Waals surface area contributed by atoms with Gasteiger partial charge in [-0.25, -0.2) is 4.98 Å². The van der Waals surface area contributed by atoms with Crippen LogP contribution in [0.5, 0.6) is 0 Å². The van der Waals surface area contributed by atoms with E-state index >= 15 is 0 Å². The number of carbonyl (C=O) groups excluding carboxylic acids is 1. The van der Waals surface area contributed by atoms with Crippen molar-refractivity contribution < 1.29 is 4.79 Å². The maximum Gasteiger partial charge on any atom is 0.262 e. The van der Waals surface area contributed by atoms with E-state index in [9.17, 15) is 10.1 Å². The number of nitrogens with zero attached hydrogens (tertiary/aromatic N) is 2. The largest absolute Gasteiger partial charge is 0.399 e. The second kappa shape index (κ2) is 7.56. The van der Waals surface area contributed by atoms with Crippen LogP contribution in [0.2, 0.25) is 0 Å². The van der Waals surface area contributed by atoms with Crippen molar-refractivity contribution >= 4 is 33.6 Å². The van der Waals surface area contributed by atoms with Crippen molar-refractivity contribution in [3.05, 3.63) is 63.9 Å². The molecule has 0 aliphatic rings. The van der Waals surface area contributed by atoms with Crippen molar-refractivity contribution in [2.24, 2.45) is 0 Å². The molecule has 0 saturated carbocycles. The Balaban J connectivity index is 2.14. The van der Waals surface area contributed by atoms with E-state index in [4.69, 9.17) is 5.73 Å². The third-order valence-electron chi connectivity index (χ3n) is 3.18. The number of amides is 1. The highest BCUT2D eigenvalue weighted by Crippen LogP contribution is 2.15. The molecule has 5 nitrogen and oxygen atoms in total. The molecule has 1 aromatic carbocycles. The van der Waals surface area contributed by atoms with E-state index < -0.39 is 5.91 Å². The summed E-state index contributed by atoms with van der Waals surface area (Å²) in [6.07, 6.45) is 1.45. The number of nitriles is 1. The topological polar surface area (TPSA) is 91.8 Å². The minimum Gasteiger partial charge on any atom is -0.399 e. The molecule has 2 rings (SSSR count). The van der Waals surface area contributed by atoms with E-state index in [0.29, 0.717) is 16.0 Å². The fourth-order valence-corrected chi connectivity index (χ4v) is 2.30. The van der Waals surface area contributed by atoms with Crippen LogP contribution in [-0.4, -0.2) is 10.9 Å². The van der Waals surface area contributed by atoms with Crippen LogP contribution in [0.3, 0.4) is 0 Å². The summed E-state index contributed by atoms with van der Waals surface area (Å²) >= 11 is 3.25. The average Bonchev–Trinajstić information content (AvgIpc) is 2.53. The quantitative estimate of drug-likeness (QED) is 0.374. The zero-order valence-electron chi connectivity index (χ0n) is 12.5. The predicted molar refractivity (Wildman–Crippen MR) is 92.9 cm³/mol. The molecule has 0 aliphatic carbocycles. The van der Waals surface area contributed by atoms with Gasteiger partial charge in [0.25, 0.3) is 5.91 Å². The average molecular weight is 371 g/mol. The third-order valence-corrected chi connectivity index (χ3v) is 3.62. The van der Waals surface area contributed by atoms with Gasteiger partial charge in [0.15, 0.2) is 0 Å². The van der Waals surface area contributed by atoms with Crippen LogP contribution in [-0.2, 0) is 4.79 Å². The first-order valence-corrected chi connectivity index (χ1v) is 7.69. The number of hydrogen-bond donors (Lipinski definition) is 2. The zero-order valence-corrected chi connectivity index (χ0v) is 14.0. The highest BCUT2D eigenvalue weighted by Gasteiger charge is 2.14. The van der Waals surface area contributed by atoms with Crippen molar-refractivity contribution in [3.63, 3.8) is 0 Å². The maximum absolute atomic E-state index is 12.2. The number of benzene rings is 1. The Morgan fingerprint density at radius 2 is 2.04 bits per heavy atom. The molecule has 6 heteroatoms. The molecule has 23 heavy (non-hydrogen) atoms. The number of carbonyl (C=O) groups is 1.